The van der Waals surface area contributed by atoms with E-state index in [4.69, 9.17) is 10.7 Å². The van der Waals surface area contributed by atoms with Crippen molar-refractivity contribution in [3.05, 3.63) is 77.8 Å². The summed E-state index contributed by atoms with van der Waals surface area (Å²) in [5.74, 6) is -1.49. The Balaban J connectivity index is 2.10. The van der Waals surface area contributed by atoms with Gasteiger partial charge < -0.3 is 0 Å². The van der Waals surface area contributed by atoms with Crippen LogP contribution in [-0.4, -0.2) is 57.6 Å². The molecule has 0 fully saturated rings. The normalized spacial score (nSPS) is 13.2. The number of amides is 1. The van der Waals surface area contributed by atoms with Crippen molar-refractivity contribution in [1.82, 2.24) is 14.5 Å². The van der Waals surface area contributed by atoms with Crippen molar-refractivity contribution in [2.75, 3.05) is 18.5 Å². The van der Waals surface area contributed by atoms with Gasteiger partial charge in [-0.15, -0.1) is 0 Å². The molecule has 0 unspecified atom stereocenters. The zero-order valence-electron chi connectivity index (χ0n) is 23.0. The first-order chi connectivity index (χ1) is 19.3. The van der Waals surface area contributed by atoms with E-state index in [1.165, 1.54) is 4.90 Å². The number of carbonyl (C=O) groups excluding carboxylic acids is 3. The van der Waals surface area contributed by atoms with Crippen molar-refractivity contribution in [2.45, 2.75) is 45.8 Å². The van der Waals surface area contributed by atoms with Gasteiger partial charge >= 0.3 is 241 Å². The third-order valence-corrected chi connectivity index (χ3v) is 10.2. The Labute approximate surface area is 256 Å². The first-order valence-corrected chi connectivity index (χ1v) is 16.1. The predicted molar refractivity (Wildman–Crippen MR) is 151 cm³/mol. The first-order valence-electron chi connectivity index (χ1n) is 12.9. The number of benzene rings is 2. The fourth-order valence-electron chi connectivity index (χ4n) is 4.45. The summed E-state index contributed by atoms with van der Waals surface area (Å²) in [6, 6.07) is 10.9. The quantitative estimate of drug-likeness (QED) is 0.154. The summed E-state index contributed by atoms with van der Waals surface area (Å²) in [5.41, 5.74) is 6.53. The van der Waals surface area contributed by atoms with Crippen molar-refractivity contribution in [1.29, 1.82) is 0 Å². The van der Waals surface area contributed by atoms with E-state index in [9.17, 15) is 28.3 Å². The molecule has 1 aromatic heterocycles. The first kappa shape index (κ1) is 33.0. The van der Waals surface area contributed by atoms with Gasteiger partial charge in [0.1, 0.15) is 0 Å². The van der Waals surface area contributed by atoms with E-state index in [-0.39, 0.29) is 37.1 Å². The van der Waals surface area contributed by atoms with Crippen LogP contribution in [0.15, 0.2) is 54.7 Å². The van der Waals surface area contributed by atoms with Gasteiger partial charge in [-0.1, -0.05) is 6.07 Å². The Morgan fingerprint density at radius 2 is 1.83 bits per heavy atom. The van der Waals surface area contributed by atoms with Crippen molar-refractivity contribution in [2.24, 2.45) is 11.1 Å². The van der Waals surface area contributed by atoms with Crippen LogP contribution in [0.25, 0.3) is 11.3 Å². The number of alkyl halides is 1. The van der Waals surface area contributed by atoms with Gasteiger partial charge in [-0.05, 0) is 6.07 Å². The number of rotatable bonds is 13. The number of aromatic nitrogens is 2. The molecule has 0 aliphatic rings. The summed E-state index contributed by atoms with van der Waals surface area (Å²) in [6.45, 7) is 5.21. The van der Waals surface area contributed by atoms with Gasteiger partial charge in [0.05, 0.1) is 0 Å². The number of aliphatic hydroxyl groups excluding tert-OH is 1. The summed E-state index contributed by atoms with van der Waals surface area (Å²) >= 11 is 1.63. The second kappa shape index (κ2) is 14.6. The van der Waals surface area contributed by atoms with Crippen LogP contribution < -0.4 is 26.9 Å². The van der Waals surface area contributed by atoms with E-state index in [0.29, 0.717) is 12.4 Å². The van der Waals surface area contributed by atoms with E-state index < -0.39 is 62.9 Å². The van der Waals surface area contributed by atoms with Crippen molar-refractivity contribution in [3.63, 3.8) is 0 Å². The van der Waals surface area contributed by atoms with E-state index in [2.05, 4.69) is 15.9 Å². The average molecular weight is 746 g/mol. The molecule has 0 saturated carbocycles. The van der Waals surface area contributed by atoms with Gasteiger partial charge in [-0.25, -0.2) is 4.39 Å². The Morgan fingerprint density at radius 1 is 1.15 bits per heavy atom. The van der Waals surface area contributed by atoms with Crippen LogP contribution in [0.4, 0.5) is 8.78 Å². The van der Waals surface area contributed by atoms with Gasteiger partial charge in [-0.3, -0.25) is 0 Å². The summed E-state index contributed by atoms with van der Waals surface area (Å²) in [6.07, 6.45) is 1.68. The summed E-state index contributed by atoms with van der Waals surface area (Å²) < 4.78 is 30.2. The Bertz CT molecular complexity index is 1380. The average Bonchev–Trinajstić information content (AvgIpc) is 3.33. The number of imidazole rings is 1. The number of aliphatic hydroxyl groups is 1. The van der Waals surface area contributed by atoms with Crippen molar-refractivity contribution < 1.29 is 49.5 Å². The van der Waals surface area contributed by atoms with Crippen LogP contribution in [0.2, 0.25) is 0 Å². The van der Waals surface area contributed by atoms with Crippen LogP contribution in [0.3, 0.4) is 0 Å². The number of nitrogens with zero attached hydrogens (tertiary/aromatic N) is 3. The molecule has 0 aliphatic heterocycles. The maximum atomic E-state index is 14.8. The summed E-state index contributed by atoms with van der Waals surface area (Å²) in [7, 11) is 0. The minimum absolute atomic E-state index is 0.00232. The molecule has 0 spiro atoms. The fraction of sp³-hybridized carbons (Fsp3) is 0.379. The topological polar surface area (TPSA) is 119 Å². The van der Waals surface area contributed by atoms with E-state index >= 15 is 0 Å². The molecule has 1 heterocycles. The van der Waals surface area contributed by atoms with E-state index in [1.54, 1.807) is 10.8 Å². The number of hydrogen-bond acceptors (Lipinski definition) is 6. The number of hydrogen-bond donors (Lipinski definition) is 2. The summed E-state index contributed by atoms with van der Waals surface area (Å²) in [4.78, 5) is 43.6. The molecule has 0 radical (unpaired) electrons. The zero-order chi connectivity index (χ0) is 30.3. The Hall–Kier alpha value is -2.55. The van der Waals surface area contributed by atoms with Crippen LogP contribution in [0.5, 0.6) is 0 Å². The maximum absolute atomic E-state index is 14.8. The molecule has 3 aromatic rings. The predicted octanol–water partition coefficient (Wildman–Crippen LogP) is 1.04. The minimum atomic E-state index is -1.42. The Kier molecular flexibility index (Phi) is 11.7. The van der Waals surface area contributed by atoms with Crippen LogP contribution in [0, 0.1) is 17.0 Å². The van der Waals surface area contributed by atoms with Crippen LogP contribution in [-0.2, 0) is 20.9 Å². The van der Waals surface area contributed by atoms with Gasteiger partial charge in [-0.2, -0.15) is 0 Å². The molecule has 8 nitrogen and oxygen atoms in total. The molecule has 3 N–H and O–H groups in total. The molecular weight excluding hydrogens is 713 g/mol. The van der Waals surface area contributed by atoms with Gasteiger partial charge in [0.2, 0.25) is 0 Å². The Morgan fingerprint density at radius 3 is 2.44 bits per heavy atom. The summed E-state index contributed by atoms with van der Waals surface area (Å²) in [5, 5.41) is 9.98. The number of carbonyl (C=O) groups is 3. The molecule has 12 heteroatoms. The standard InChI is InChI=1S/C29H33BrF2IN4O4/c1-29(2,3)26(37(25(40)17-38)12-11-22(34)27(41)33-24(39)14-30)28-35-23(20-13-19(31)9-10-21(20)32)16-36(28)15-18-7-5-4-6-8-18/h4-10,13,16,22,26,38H,11-12,14-15,17,34H2,1-3H3/q-1/t22-,26-/m0/s1. The van der Waals surface area contributed by atoms with Crippen molar-refractivity contribution in [3.8, 4) is 11.3 Å². The van der Waals surface area contributed by atoms with Gasteiger partial charge in [0, 0.05) is 0 Å². The fourth-order valence-corrected chi connectivity index (χ4v) is 6.61. The van der Waals surface area contributed by atoms with Gasteiger partial charge in [0.25, 0.3) is 0 Å². The molecule has 0 bridgehead atoms. The van der Waals surface area contributed by atoms with Crippen LogP contribution >= 0.6 is 15.9 Å². The van der Waals surface area contributed by atoms with E-state index in [0.717, 1.165) is 23.8 Å². The molecule has 2 aromatic carbocycles. The molecule has 2 atom stereocenters. The molecular formula is C29H33BrF2IN4O4-. The monoisotopic (exact) mass is 745 g/mol. The van der Waals surface area contributed by atoms with Gasteiger partial charge in [0.15, 0.2) is 0 Å². The second-order valence-corrected chi connectivity index (χ2v) is 13.9. The van der Waals surface area contributed by atoms with E-state index in [1.807, 2.05) is 51.1 Å². The molecule has 0 saturated heterocycles. The second-order valence-electron chi connectivity index (χ2n) is 10.5. The third-order valence-electron chi connectivity index (χ3n) is 6.32. The molecule has 3 rings (SSSR count). The molecule has 0 aliphatic carbocycles. The van der Waals surface area contributed by atoms with Crippen LogP contribution in [0.1, 0.15) is 44.6 Å². The van der Waals surface area contributed by atoms with Crippen molar-refractivity contribution >= 4 is 29.4 Å². The SMILES string of the molecule is CC(C)(C)[C@H](c1nc(-c2cc(F)ccc2F)cn1Cc1ccccc1)N(CC[C@H](N)C(=O)[I-]C(=O)CBr)C(=O)CO. The molecule has 41 heavy (non-hydrogen) atoms. The third kappa shape index (κ3) is 8.72. The zero-order valence-corrected chi connectivity index (χ0v) is 26.7. The number of nitrogens with two attached hydrogens (primary N) is 1. The molecule has 1 amide bonds. The number of halogens is 4. The molecule has 222 valence electrons.